The molecule has 0 amide bonds. The monoisotopic (exact) mass is 335 g/mol. The normalized spacial score (nSPS) is 21.7. The predicted molar refractivity (Wildman–Crippen MR) is 103 cm³/mol. The summed E-state index contributed by atoms with van der Waals surface area (Å²) in [6.07, 6.45) is 8.27. The van der Waals surface area contributed by atoms with Crippen LogP contribution in [0.1, 0.15) is 54.8 Å². The highest BCUT2D eigenvalue weighted by molar-refractivity contribution is 5.41. The molecule has 2 heteroatoms. The Labute approximate surface area is 151 Å². The van der Waals surface area contributed by atoms with Gasteiger partial charge in [-0.3, -0.25) is 4.90 Å². The van der Waals surface area contributed by atoms with Crippen LogP contribution in [0.25, 0.3) is 0 Å². The van der Waals surface area contributed by atoms with Crippen molar-refractivity contribution in [3.05, 3.63) is 65.2 Å². The standard InChI is InChI=1S/C23H29NO/c1-25-21-13-11-20(12-14-21)23-22-10-6-5-9-19(22)15-16-24(23)17-18-7-3-2-4-8-18/h5-6,9-14,18,23H,2-4,7-8,15-17H2,1H3. The van der Waals surface area contributed by atoms with Gasteiger partial charge in [-0.2, -0.15) is 0 Å². The molecule has 25 heavy (non-hydrogen) atoms. The summed E-state index contributed by atoms with van der Waals surface area (Å²) in [4.78, 5) is 2.74. The van der Waals surface area contributed by atoms with Crippen molar-refractivity contribution in [2.24, 2.45) is 5.92 Å². The van der Waals surface area contributed by atoms with E-state index in [0.29, 0.717) is 6.04 Å². The quantitative estimate of drug-likeness (QED) is 0.759. The van der Waals surface area contributed by atoms with Gasteiger partial charge in [-0.05, 0) is 54.0 Å². The fraction of sp³-hybridized carbons (Fsp3) is 0.478. The maximum Gasteiger partial charge on any atom is 0.118 e. The molecular weight excluding hydrogens is 306 g/mol. The van der Waals surface area contributed by atoms with Crippen molar-refractivity contribution >= 4 is 0 Å². The Hall–Kier alpha value is -1.80. The molecule has 1 unspecified atom stereocenters. The zero-order valence-corrected chi connectivity index (χ0v) is 15.3. The molecule has 2 aromatic carbocycles. The zero-order chi connectivity index (χ0) is 17.1. The van der Waals surface area contributed by atoms with E-state index in [2.05, 4.69) is 53.4 Å². The molecule has 0 radical (unpaired) electrons. The van der Waals surface area contributed by atoms with Crippen LogP contribution in [0.5, 0.6) is 5.75 Å². The zero-order valence-electron chi connectivity index (χ0n) is 15.3. The van der Waals surface area contributed by atoms with Crippen LogP contribution in [0.2, 0.25) is 0 Å². The second-order valence-electron chi connectivity index (χ2n) is 7.62. The van der Waals surface area contributed by atoms with E-state index in [1.54, 1.807) is 7.11 Å². The van der Waals surface area contributed by atoms with Crippen molar-refractivity contribution in [1.29, 1.82) is 0 Å². The molecule has 1 aliphatic heterocycles. The summed E-state index contributed by atoms with van der Waals surface area (Å²) in [5.41, 5.74) is 4.40. The van der Waals surface area contributed by atoms with Crippen LogP contribution in [-0.4, -0.2) is 25.1 Å². The minimum Gasteiger partial charge on any atom is -0.497 e. The van der Waals surface area contributed by atoms with Gasteiger partial charge in [-0.25, -0.2) is 0 Å². The van der Waals surface area contributed by atoms with Crippen LogP contribution >= 0.6 is 0 Å². The van der Waals surface area contributed by atoms with Gasteiger partial charge in [0.2, 0.25) is 0 Å². The third-order valence-electron chi connectivity index (χ3n) is 6.03. The fourth-order valence-electron chi connectivity index (χ4n) is 4.69. The first-order valence-electron chi connectivity index (χ1n) is 9.81. The third-order valence-corrected chi connectivity index (χ3v) is 6.03. The minimum absolute atomic E-state index is 0.387. The molecule has 1 saturated carbocycles. The van der Waals surface area contributed by atoms with E-state index >= 15 is 0 Å². The third kappa shape index (κ3) is 3.59. The largest absolute Gasteiger partial charge is 0.497 e. The number of benzene rings is 2. The van der Waals surface area contributed by atoms with Crippen molar-refractivity contribution < 1.29 is 4.74 Å². The minimum atomic E-state index is 0.387. The lowest BCUT2D eigenvalue weighted by Crippen LogP contribution is -2.39. The lowest BCUT2D eigenvalue weighted by molar-refractivity contribution is 0.159. The Kier molecular flexibility index (Phi) is 5.07. The number of methoxy groups -OCH3 is 1. The van der Waals surface area contributed by atoms with E-state index < -0.39 is 0 Å². The van der Waals surface area contributed by atoms with Gasteiger partial charge in [0.05, 0.1) is 13.2 Å². The smallest absolute Gasteiger partial charge is 0.118 e. The average molecular weight is 335 g/mol. The maximum absolute atomic E-state index is 5.36. The Balaban J connectivity index is 1.65. The molecule has 2 nitrogen and oxygen atoms in total. The molecule has 2 aromatic rings. The maximum atomic E-state index is 5.36. The fourth-order valence-corrected chi connectivity index (χ4v) is 4.69. The van der Waals surface area contributed by atoms with Crippen LogP contribution < -0.4 is 4.74 Å². The molecule has 4 rings (SSSR count). The summed E-state index contributed by atoms with van der Waals surface area (Å²) >= 11 is 0. The summed E-state index contributed by atoms with van der Waals surface area (Å²) in [5, 5.41) is 0. The highest BCUT2D eigenvalue weighted by atomic mass is 16.5. The van der Waals surface area contributed by atoms with Crippen molar-refractivity contribution in [2.45, 2.75) is 44.6 Å². The Morgan fingerprint density at radius 1 is 0.960 bits per heavy atom. The molecule has 0 aromatic heterocycles. The molecule has 1 heterocycles. The summed E-state index contributed by atoms with van der Waals surface area (Å²) in [6, 6.07) is 18.1. The highest BCUT2D eigenvalue weighted by Crippen LogP contribution is 2.37. The first kappa shape index (κ1) is 16.7. The lowest BCUT2D eigenvalue weighted by Gasteiger charge is -2.40. The SMILES string of the molecule is COc1ccc(C2c3ccccc3CCN2CC2CCCCC2)cc1. The average Bonchev–Trinajstić information content (AvgIpc) is 2.69. The number of nitrogens with zero attached hydrogens (tertiary/aromatic N) is 1. The Bertz CT molecular complexity index is 687. The molecule has 1 aliphatic carbocycles. The van der Waals surface area contributed by atoms with Crippen LogP contribution in [0.15, 0.2) is 48.5 Å². The second kappa shape index (κ2) is 7.61. The lowest BCUT2D eigenvalue weighted by atomic mass is 9.84. The van der Waals surface area contributed by atoms with E-state index in [9.17, 15) is 0 Å². The summed E-state index contributed by atoms with van der Waals surface area (Å²) in [5.74, 6) is 1.81. The molecule has 1 fully saturated rings. The molecule has 0 spiro atoms. The predicted octanol–water partition coefficient (Wildman–Crippen LogP) is 5.22. The van der Waals surface area contributed by atoms with Gasteiger partial charge in [-0.1, -0.05) is 55.7 Å². The van der Waals surface area contributed by atoms with Gasteiger partial charge < -0.3 is 4.74 Å². The van der Waals surface area contributed by atoms with E-state index in [4.69, 9.17) is 4.74 Å². The Morgan fingerprint density at radius 3 is 2.48 bits per heavy atom. The van der Waals surface area contributed by atoms with Crippen LogP contribution in [0.3, 0.4) is 0 Å². The van der Waals surface area contributed by atoms with E-state index in [0.717, 1.165) is 11.7 Å². The topological polar surface area (TPSA) is 12.5 Å². The molecule has 0 N–H and O–H groups in total. The molecule has 0 bridgehead atoms. The summed E-state index contributed by atoms with van der Waals surface area (Å²) in [6.45, 7) is 2.41. The van der Waals surface area contributed by atoms with Gasteiger partial charge in [0.15, 0.2) is 0 Å². The highest BCUT2D eigenvalue weighted by Gasteiger charge is 2.30. The van der Waals surface area contributed by atoms with Crippen LogP contribution in [-0.2, 0) is 6.42 Å². The molecule has 132 valence electrons. The van der Waals surface area contributed by atoms with Crippen molar-refractivity contribution in [2.75, 3.05) is 20.2 Å². The summed E-state index contributed by atoms with van der Waals surface area (Å²) < 4.78 is 5.36. The Morgan fingerprint density at radius 2 is 1.72 bits per heavy atom. The van der Waals surface area contributed by atoms with E-state index in [-0.39, 0.29) is 0 Å². The number of hydrogen-bond donors (Lipinski definition) is 0. The van der Waals surface area contributed by atoms with Crippen molar-refractivity contribution in [1.82, 2.24) is 4.90 Å². The first-order valence-corrected chi connectivity index (χ1v) is 9.81. The molecule has 2 aliphatic rings. The van der Waals surface area contributed by atoms with Gasteiger partial charge >= 0.3 is 0 Å². The van der Waals surface area contributed by atoms with Crippen molar-refractivity contribution in [3.8, 4) is 5.75 Å². The van der Waals surface area contributed by atoms with Gasteiger partial charge in [0.1, 0.15) is 5.75 Å². The van der Waals surface area contributed by atoms with E-state index in [1.807, 2.05) is 0 Å². The number of fused-ring (bicyclic) bond motifs is 1. The molecule has 1 atom stereocenters. The van der Waals surface area contributed by atoms with E-state index in [1.165, 1.54) is 68.3 Å². The van der Waals surface area contributed by atoms with Gasteiger partial charge in [0.25, 0.3) is 0 Å². The van der Waals surface area contributed by atoms with Gasteiger partial charge in [-0.15, -0.1) is 0 Å². The molecular formula is C23H29NO. The van der Waals surface area contributed by atoms with Gasteiger partial charge in [0, 0.05) is 13.1 Å². The van der Waals surface area contributed by atoms with Crippen molar-refractivity contribution in [3.63, 3.8) is 0 Å². The molecule has 0 saturated heterocycles. The summed E-state index contributed by atoms with van der Waals surface area (Å²) in [7, 11) is 1.74. The number of ether oxygens (including phenoxy) is 1. The second-order valence-corrected chi connectivity index (χ2v) is 7.62. The van der Waals surface area contributed by atoms with Crippen LogP contribution in [0.4, 0.5) is 0 Å². The number of hydrogen-bond acceptors (Lipinski definition) is 2. The first-order chi connectivity index (χ1) is 12.3. The van der Waals surface area contributed by atoms with Crippen LogP contribution in [0, 0.1) is 5.92 Å². The number of rotatable bonds is 4.